The zero-order chi connectivity index (χ0) is 8.55. The molecule has 0 N–H and O–H groups in total. The molecule has 0 heterocycles. The van der Waals surface area contributed by atoms with E-state index in [1.807, 2.05) is 0 Å². The molecule has 3 heteroatoms. The molecular formula is C12H13I2Zr. The smallest absolute Gasteiger partial charge is 1.00 e. The van der Waals surface area contributed by atoms with E-state index in [2.05, 4.69) is 50.2 Å². The van der Waals surface area contributed by atoms with Gasteiger partial charge in [-0.25, -0.2) is 0 Å². The average Bonchev–Trinajstić information content (AvgIpc) is 2.46. The molecule has 0 aliphatic heterocycles. The molecule has 0 aromatic heterocycles. The van der Waals surface area contributed by atoms with Crippen molar-refractivity contribution in [3.63, 3.8) is 0 Å². The Bertz CT molecular complexity index is 360. The van der Waals surface area contributed by atoms with Crippen LogP contribution < -0.4 is 48.0 Å². The molecule has 0 fully saturated rings. The molecule has 2 aromatic rings. The Morgan fingerprint density at radius 2 is 1.67 bits per heavy atom. The van der Waals surface area contributed by atoms with Gasteiger partial charge in [-0.3, -0.25) is 0 Å². The Morgan fingerprint density at radius 3 is 2.20 bits per heavy atom. The molecule has 0 saturated heterocycles. The Balaban J connectivity index is 0. The van der Waals surface area contributed by atoms with Crippen molar-refractivity contribution >= 4 is 10.8 Å². The summed E-state index contributed by atoms with van der Waals surface area (Å²) < 4.78 is 0. The second-order valence-electron chi connectivity index (χ2n) is 3.57. The average molecular weight is 502 g/mol. The van der Waals surface area contributed by atoms with Gasteiger partial charge in [0.05, 0.1) is 0 Å². The van der Waals surface area contributed by atoms with Gasteiger partial charge in [0, 0.05) is 0 Å². The molecule has 15 heavy (non-hydrogen) atoms. The second kappa shape index (κ2) is 8.29. The Kier molecular flexibility index (Phi) is 10.2. The van der Waals surface area contributed by atoms with Crippen molar-refractivity contribution in [2.24, 2.45) is 0 Å². The van der Waals surface area contributed by atoms with Crippen LogP contribution in [-0.4, -0.2) is 0 Å². The SMILES string of the molecule is CC(C)c1cc2ccccc2[cH-]1.[I-].[I-].[Zr+3]. The van der Waals surface area contributed by atoms with Crippen molar-refractivity contribution in [1.29, 1.82) is 0 Å². The number of fused-ring (bicyclic) bond motifs is 1. The minimum absolute atomic E-state index is 0. The topological polar surface area (TPSA) is 0 Å². The number of halogens is 2. The predicted octanol–water partition coefficient (Wildman–Crippen LogP) is -2.31. The van der Waals surface area contributed by atoms with Crippen molar-refractivity contribution in [1.82, 2.24) is 0 Å². The molecule has 0 spiro atoms. The fourth-order valence-corrected chi connectivity index (χ4v) is 1.51. The first kappa shape index (κ1) is 18.5. The van der Waals surface area contributed by atoms with E-state index < -0.39 is 0 Å². The van der Waals surface area contributed by atoms with E-state index in [9.17, 15) is 0 Å². The van der Waals surface area contributed by atoms with Gasteiger partial charge in [-0.05, 0) is 5.92 Å². The molecule has 0 nitrogen and oxygen atoms in total. The molecule has 0 aliphatic carbocycles. The Hall–Kier alpha value is 1.17. The monoisotopic (exact) mass is 501 g/mol. The van der Waals surface area contributed by atoms with Gasteiger partial charge in [-0.15, -0.1) is 40.6 Å². The van der Waals surface area contributed by atoms with Gasteiger partial charge in [0.25, 0.3) is 0 Å². The summed E-state index contributed by atoms with van der Waals surface area (Å²) in [6, 6.07) is 13.1. The zero-order valence-electron chi connectivity index (χ0n) is 8.80. The quantitative estimate of drug-likeness (QED) is 0.304. The fourth-order valence-electron chi connectivity index (χ4n) is 1.51. The molecule has 0 amide bonds. The van der Waals surface area contributed by atoms with Gasteiger partial charge in [0.15, 0.2) is 0 Å². The van der Waals surface area contributed by atoms with Crippen LogP contribution in [-0.2, 0) is 26.2 Å². The number of hydrogen-bond donors (Lipinski definition) is 0. The third-order valence-electron chi connectivity index (χ3n) is 2.31. The maximum absolute atomic E-state index is 2.28. The largest absolute Gasteiger partial charge is 3.00 e. The van der Waals surface area contributed by atoms with Crippen LogP contribution >= 0.6 is 0 Å². The Morgan fingerprint density at radius 1 is 1.07 bits per heavy atom. The van der Waals surface area contributed by atoms with Gasteiger partial charge in [-0.1, -0.05) is 19.9 Å². The second-order valence-corrected chi connectivity index (χ2v) is 3.57. The third kappa shape index (κ3) is 4.51. The molecule has 1 radical (unpaired) electrons. The van der Waals surface area contributed by atoms with Gasteiger partial charge < -0.3 is 48.0 Å². The van der Waals surface area contributed by atoms with Crippen LogP contribution in [0.1, 0.15) is 25.3 Å². The number of rotatable bonds is 1. The maximum atomic E-state index is 2.28. The van der Waals surface area contributed by atoms with Crippen molar-refractivity contribution in [2.75, 3.05) is 0 Å². The molecule has 2 rings (SSSR count). The number of hydrogen-bond acceptors (Lipinski definition) is 0. The zero-order valence-corrected chi connectivity index (χ0v) is 15.6. The summed E-state index contributed by atoms with van der Waals surface area (Å²) in [7, 11) is 0. The van der Waals surface area contributed by atoms with Crippen LogP contribution in [0.5, 0.6) is 0 Å². The molecule has 0 atom stereocenters. The van der Waals surface area contributed by atoms with E-state index in [0.29, 0.717) is 5.92 Å². The Labute approximate surface area is 145 Å². The van der Waals surface area contributed by atoms with Crippen LogP contribution in [0, 0.1) is 0 Å². The first-order chi connectivity index (χ1) is 5.77. The number of benzene rings is 1. The third-order valence-corrected chi connectivity index (χ3v) is 2.31. The van der Waals surface area contributed by atoms with Crippen LogP contribution in [0.15, 0.2) is 36.4 Å². The molecule has 0 unspecified atom stereocenters. The molecular weight excluding hydrogens is 489 g/mol. The standard InChI is InChI=1S/C12H13.2HI.Zr/c1-9(2)12-7-10-5-3-4-6-11(10)8-12;;;/h3-9H,1-2H3;2*1H;/q-1;;;+3/p-2. The van der Waals surface area contributed by atoms with Crippen LogP contribution in [0.25, 0.3) is 10.8 Å². The first-order valence-electron chi connectivity index (χ1n) is 4.43. The van der Waals surface area contributed by atoms with Gasteiger partial charge >= 0.3 is 26.2 Å². The van der Waals surface area contributed by atoms with E-state index in [4.69, 9.17) is 0 Å². The summed E-state index contributed by atoms with van der Waals surface area (Å²) in [6.45, 7) is 4.46. The van der Waals surface area contributed by atoms with E-state index in [1.165, 1.54) is 16.3 Å². The van der Waals surface area contributed by atoms with E-state index >= 15 is 0 Å². The molecule has 0 aliphatic rings. The van der Waals surface area contributed by atoms with Crippen molar-refractivity contribution < 1.29 is 74.2 Å². The normalized spacial score (nSPS) is 9.00. The fraction of sp³-hybridized carbons (Fsp3) is 0.250. The minimum atomic E-state index is 0. The predicted molar refractivity (Wildman–Crippen MR) is 53.6 cm³/mol. The maximum Gasteiger partial charge on any atom is 3.00 e. The van der Waals surface area contributed by atoms with Crippen LogP contribution in [0.4, 0.5) is 0 Å². The van der Waals surface area contributed by atoms with Crippen molar-refractivity contribution in [3.05, 3.63) is 42.0 Å². The van der Waals surface area contributed by atoms with Gasteiger partial charge in [0.1, 0.15) is 0 Å². The van der Waals surface area contributed by atoms with Crippen molar-refractivity contribution in [3.8, 4) is 0 Å². The molecule has 0 bridgehead atoms. The van der Waals surface area contributed by atoms with E-state index in [0.717, 1.165) is 0 Å². The summed E-state index contributed by atoms with van der Waals surface area (Å²) in [5, 5.41) is 2.72. The van der Waals surface area contributed by atoms with Gasteiger partial charge in [-0.2, -0.15) is 6.07 Å². The summed E-state index contributed by atoms with van der Waals surface area (Å²) in [4.78, 5) is 0. The molecule has 0 saturated carbocycles. The molecule has 2 aromatic carbocycles. The van der Waals surface area contributed by atoms with Crippen molar-refractivity contribution in [2.45, 2.75) is 19.8 Å². The van der Waals surface area contributed by atoms with E-state index in [1.54, 1.807) is 0 Å². The summed E-state index contributed by atoms with van der Waals surface area (Å²) >= 11 is 0. The van der Waals surface area contributed by atoms with E-state index in [-0.39, 0.29) is 74.2 Å². The van der Waals surface area contributed by atoms with Crippen LogP contribution in [0.2, 0.25) is 0 Å². The summed E-state index contributed by atoms with van der Waals surface area (Å²) in [5.74, 6) is 0.636. The molecule has 79 valence electrons. The summed E-state index contributed by atoms with van der Waals surface area (Å²) in [5.41, 5.74) is 1.44. The summed E-state index contributed by atoms with van der Waals surface area (Å²) in [6.07, 6.45) is 0. The van der Waals surface area contributed by atoms with Crippen LogP contribution in [0.3, 0.4) is 0 Å². The minimum Gasteiger partial charge on any atom is -1.00 e. The first-order valence-corrected chi connectivity index (χ1v) is 4.43. The van der Waals surface area contributed by atoms with Gasteiger partial charge in [0.2, 0.25) is 0 Å².